The van der Waals surface area contributed by atoms with Crippen molar-refractivity contribution in [3.8, 4) is 11.3 Å². The van der Waals surface area contributed by atoms with E-state index in [0.717, 1.165) is 28.2 Å². The topological polar surface area (TPSA) is 59.8 Å². The van der Waals surface area contributed by atoms with E-state index in [1.165, 1.54) is 0 Å². The summed E-state index contributed by atoms with van der Waals surface area (Å²) in [5.41, 5.74) is 4.64. The second-order valence-electron chi connectivity index (χ2n) is 4.25. The number of hydrogen-bond donors (Lipinski definition) is 1. The van der Waals surface area contributed by atoms with Crippen LogP contribution in [0.5, 0.6) is 0 Å². The molecule has 1 aliphatic heterocycles. The Morgan fingerprint density at radius 2 is 2.29 bits per heavy atom. The zero-order valence-corrected chi connectivity index (χ0v) is 9.69. The lowest BCUT2D eigenvalue weighted by Gasteiger charge is -2.01. The van der Waals surface area contributed by atoms with Crippen molar-refractivity contribution >= 4 is 11.6 Å². The summed E-state index contributed by atoms with van der Waals surface area (Å²) in [7, 11) is 1.88. The van der Waals surface area contributed by atoms with Crippen molar-refractivity contribution < 1.29 is 4.79 Å². The summed E-state index contributed by atoms with van der Waals surface area (Å²) in [4.78, 5) is 15.6. The molecular weight excluding hydrogens is 216 g/mol. The Kier molecular flexibility index (Phi) is 2.01. The minimum atomic E-state index is 0.0295. The lowest BCUT2D eigenvalue weighted by molar-refractivity contribution is -0.115. The fourth-order valence-electron chi connectivity index (χ4n) is 2.12. The molecule has 0 aliphatic carbocycles. The van der Waals surface area contributed by atoms with Crippen LogP contribution in [0.25, 0.3) is 11.3 Å². The standard InChI is InChI=1S/C12H12N4O/c1-7-9(6-16(2)15-7)10-3-8-4-12(17)14-11(8)5-13-10/h3,5-6H,4H2,1-2H3,(H,14,17). The van der Waals surface area contributed by atoms with Crippen molar-refractivity contribution in [2.24, 2.45) is 7.05 Å². The van der Waals surface area contributed by atoms with Crippen LogP contribution in [0, 0.1) is 6.92 Å². The van der Waals surface area contributed by atoms with Crippen molar-refractivity contribution in [3.05, 3.63) is 29.7 Å². The Morgan fingerprint density at radius 3 is 3.00 bits per heavy atom. The van der Waals surface area contributed by atoms with Gasteiger partial charge in [0.2, 0.25) is 5.91 Å². The highest BCUT2D eigenvalue weighted by Gasteiger charge is 2.19. The maximum absolute atomic E-state index is 11.3. The van der Waals surface area contributed by atoms with Gasteiger partial charge in [0.05, 0.1) is 29.7 Å². The van der Waals surface area contributed by atoms with Crippen LogP contribution < -0.4 is 5.32 Å². The average Bonchev–Trinajstić information content (AvgIpc) is 2.78. The van der Waals surface area contributed by atoms with Crippen LogP contribution in [0.1, 0.15) is 11.3 Å². The first kappa shape index (κ1) is 10.0. The number of aryl methyl sites for hydroxylation is 2. The van der Waals surface area contributed by atoms with E-state index in [9.17, 15) is 4.79 Å². The maximum atomic E-state index is 11.3. The highest BCUT2D eigenvalue weighted by Crippen LogP contribution is 2.27. The predicted molar refractivity (Wildman–Crippen MR) is 63.5 cm³/mol. The SMILES string of the molecule is Cc1nn(C)cc1-c1cc2c(cn1)NC(=O)C2. The van der Waals surface area contributed by atoms with Gasteiger partial charge in [-0.05, 0) is 18.6 Å². The molecule has 3 rings (SSSR count). The van der Waals surface area contributed by atoms with E-state index in [0.29, 0.717) is 6.42 Å². The molecule has 1 aliphatic rings. The van der Waals surface area contributed by atoms with Gasteiger partial charge in [-0.25, -0.2) is 0 Å². The Balaban J connectivity index is 2.09. The number of pyridine rings is 1. The van der Waals surface area contributed by atoms with Crippen LogP contribution in [0.15, 0.2) is 18.5 Å². The molecular formula is C12H12N4O. The largest absolute Gasteiger partial charge is 0.324 e. The van der Waals surface area contributed by atoms with E-state index in [4.69, 9.17) is 0 Å². The molecule has 0 unspecified atom stereocenters. The minimum absolute atomic E-state index is 0.0295. The van der Waals surface area contributed by atoms with Gasteiger partial charge < -0.3 is 5.32 Å². The summed E-state index contributed by atoms with van der Waals surface area (Å²) in [6.07, 6.45) is 4.08. The summed E-state index contributed by atoms with van der Waals surface area (Å²) < 4.78 is 1.77. The van der Waals surface area contributed by atoms with E-state index in [1.807, 2.05) is 26.2 Å². The summed E-state index contributed by atoms with van der Waals surface area (Å²) in [5, 5.41) is 7.06. The van der Waals surface area contributed by atoms with Crippen molar-refractivity contribution in [1.29, 1.82) is 0 Å². The molecule has 0 saturated heterocycles. The molecule has 1 N–H and O–H groups in total. The lowest BCUT2D eigenvalue weighted by Crippen LogP contribution is -2.03. The summed E-state index contributed by atoms with van der Waals surface area (Å²) in [5.74, 6) is 0.0295. The van der Waals surface area contributed by atoms with Crippen molar-refractivity contribution in [2.75, 3.05) is 5.32 Å². The van der Waals surface area contributed by atoms with Gasteiger partial charge in [0.1, 0.15) is 0 Å². The molecule has 3 heterocycles. The number of hydrogen-bond acceptors (Lipinski definition) is 3. The van der Waals surface area contributed by atoms with Crippen LogP contribution >= 0.6 is 0 Å². The van der Waals surface area contributed by atoms with Gasteiger partial charge in [0, 0.05) is 18.8 Å². The molecule has 2 aromatic heterocycles. The number of anilines is 1. The third kappa shape index (κ3) is 1.60. The Morgan fingerprint density at radius 1 is 1.47 bits per heavy atom. The molecule has 2 aromatic rings. The van der Waals surface area contributed by atoms with Crippen LogP contribution in [0.4, 0.5) is 5.69 Å². The summed E-state index contributed by atoms with van der Waals surface area (Å²) >= 11 is 0. The van der Waals surface area contributed by atoms with E-state index < -0.39 is 0 Å². The second kappa shape index (κ2) is 3.41. The van der Waals surface area contributed by atoms with Crippen LogP contribution in [-0.4, -0.2) is 20.7 Å². The van der Waals surface area contributed by atoms with E-state index in [1.54, 1.807) is 10.9 Å². The third-order valence-corrected chi connectivity index (χ3v) is 2.90. The van der Waals surface area contributed by atoms with Gasteiger partial charge in [-0.3, -0.25) is 14.5 Å². The predicted octanol–water partition coefficient (Wildman–Crippen LogP) is 1.29. The highest BCUT2D eigenvalue weighted by molar-refractivity contribution is 5.99. The molecule has 5 nitrogen and oxygen atoms in total. The Labute approximate surface area is 98.5 Å². The van der Waals surface area contributed by atoms with Gasteiger partial charge in [-0.2, -0.15) is 5.10 Å². The number of carbonyl (C=O) groups excluding carboxylic acids is 1. The monoisotopic (exact) mass is 228 g/mol. The quantitative estimate of drug-likeness (QED) is 0.800. The molecule has 0 radical (unpaired) electrons. The smallest absolute Gasteiger partial charge is 0.228 e. The Bertz CT molecular complexity index is 615. The molecule has 86 valence electrons. The third-order valence-electron chi connectivity index (χ3n) is 2.90. The molecule has 0 fully saturated rings. The van der Waals surface area contributed by atoms with Crippen LogP contribution in [0.2, 0.25) is 0 Å². The molecule has 17 heavy (non-hydrogen) atoms. The van der Waals surface area contributed by atoms with Gasteiger partial charge in [0.15, 0.2) is 0 Å². The molecule has 0 bridgehead atoms. The van der Waals surface area contributed by atoms with E-state index in [2.05, 4.69) is 15.4 Å². The van der Waals surface area contributed by atoms with Gasteiger partial charge in [-0.1, -0.05) is 0 Å². The number of amides is 1. The number of nitrogens with one attached hydrogen (secondary N) is 1. The lowest BCUT2D eigenvalue weighted by atomic mass is 10.1. The van der Waals surface area contributed by atoms with Crippen molar-refractivity contribution in [3.63, 3.8) is 0 Å². The van der Waals surface area contributed by atoms with Crippen molar-refractivity contribution in [1.82, 2.24) is 14.8 Å². The fraction of sp³-hybridized carbons (Fsp3) is 0.250. The first-order chi connectivity index (χ1) is 8.13. The van der Waals surface area contributed by atoms with E-state index >= 15 is 0 Å². The van der Waals surface area contributed by atoms with Gasteiger partial charge in [0.25, 0.3) is 0 Å². The second-order valence-corrected chi connectivity index (χ2v) is 4.25. The molecule has 1 amide bonds. The van der Waals surface area contributed by atoms with Gasteiger partial charge >= 0.3 is 0 Å². The van der Waals surface area contributed by atoms with E-state index in [-0.39, 0.29) is 5.91 Å². The first-order valence-corrected chi connectivity index (χ1v) is 5.43. The zero-order chi connectivity index (χ0) is 12.0. The minimum Gasteiger partial charge on any atom is -0.324 e. The average molecular weight is 228 g/mol. The summed E-state index contributed by atoms with van der Waals surface area (Å²) in [6, 6.07) is 1.96. The van der Waals surface area contributed by atoms with Crippen LogP contribution in [-0.2, 0) is 18.3 Å². The number of rotatable bonds is 1. The molecule has 0 saturated carbocycles. The normalized spacial score (nSPS) is 13.6. The highest BCUT2D eigenvalue weighted by atomic mass is 16.1. The maximum Gasteiger partial charge on any atom is 0.228 e. The fourth-order valence-corrected chi connectivity index (χ4v) is 2.12. The zero-order valence-electron chi connectivity index (χ0n) is 9.69. The van der Waals surface area contributed by atoms with Gasteiger partial charge in [-0.15, -0.1) is 0 Å². The summed E-state index contributed by atoms with van der Waals surface area (Å²) in [6.45, 7) is 1.95. The number of fused-ring (bicyclic) bond motifs is 1. The Hall–Kier alpha value is -2.17. The number of aromatic nitrogens is 3. The molecule has 0 atom stereocenters. The van der Waals surface area contributed by atoms with Crippen molar-refractivity contribution in [2.45, 2.75) is 13.3 Å². The molecule has 5 heteroatoms. The van der Waals surface area contributed by atoms with Crippen LogP contribution in [0.3, 0.4) is 0 Å². The number of carbonyl (C=O) groups is 1. The molecule has 0 spiro atoms. The number of nitrogens with zero attached hydrogens (tertiary/aromatic N) is 3. The molecule has 0 aromatic carbocycles. The first-order valence-electron chi connectivity index (χ1n) is 5.43.